The minimum absolute atomic E-state index is 0.454. The minimum atomic E-state index is 0.454. The lowest BCUT2D eigenvalue weighted by atomic mass is 9.99. The van der Waals surface area contributed by atoms with E-state index in [4.69, 9.17) is 4.52 Å². The van der Waals surface area contributed by atoms with Crippen molar-refractivity contribution in [3.63, 3.8) is 0 Å². The van der Waals surface area contributed by atoms with E-state index in [-0.39, 0.29) is 0 Å². The summed E-state index contributed by atoms with van der Waals surface area (Å²) in [4.78, 5) is 8.63. The van der Waals surface area contributed by atoms with Gasteiger partial charge in [-0.2, -0.15) is 5.10 Å². The zero-order valence-corrected chi connectivity index (χ0v) is 17.3. The number of aromatic nitrogens is 4. The van der Waals surface area contributed by atoms with Crippen molar-refractivity contribution in [2.75, 3.05) is 6.54 Å². The molecule has 0 aliphatic rings. The molecule has 8 heteroatoms. The molecule has 2 N–H and O–H groups in total. The van der Waals surface area contributed by atoms with Crippen molar-refractivity contribution in [2.45, 2.75) is 52.6 Å². The number of nitrogens with zero attached hydrogens (tertiary/aromatic N) is 5. The van der Waals surface area contributed by atoms with Crippen molar-refractivity contribution in [2.24, 2.45) is 4.99 Å². The summed E-state index contributed by atoms with van der Waals surface area (Å²) in [5, 5.41) is 14.9. The fraction of sp³-hybridized carbons (Fsp3) is 0.429. The molecule has 0 saturated carbocycles. The maximum Gasteiger partial charge on any atom is 0.191 e. The molecular weight excluding hydrogens is 366 g/mol. The van der Waals surface area contributed by atoms with Gasteiger partial charge in [-0.3, -0.25) is 0 Å². The van der Waals surface area contributed by atoms with Crippen LogP contribution < -0.4 is 10.6 Å². The normalized spacial score (nSPS) is 11.8. The van der Waals surface area contributed by atoms with E-state index in [1.807, 2.05) is 37.3 Å². The lowest BCUT2D eigenvalue weighted by Crippen LogP contribution is -2.36. The second-order valence-electron chi connectivity index (χ2n) is 6.79. The van der Waals surface area contributed by atoms with E-state index in [9.17, 15) is 0 Å². The first-order valence-electron chi connectivity index (χ1n) is 10.1. The van der Waals surface area contributed by atoms with E-state index < -0.39 is 0 Å². The van der Waals surface area contributed by atoms with Gasteiger partial charge >= 0.3 is 0 Å². The van der Waals surface area contributed by atoms with Gasteiger partial charge in [0.05, 0.1) is 24.5 Å². The molecule has 0 unspecified atom stereocenters. The van der Waals surface area contributed by atoms with E-state index in [1.165, 1.54) is 6.33 Å². The Morgan fingerprint density at radius 2 is 1.93 bits per heavy atom. The Labute approximate surface area is 171 Å². The van der Waals surface area contributed by atoms with Gasteiger partial charge in [0.25, 0.3) is 0 Å². The van der Waals surface area contributed by atoms with Gasteiger partial charge in [0, 0.05) is 18.5 Å². The molecule has 0 aliphatic heterocycles. The smallest absolute Gasteiger partial charge is 0.191 e. The zero-order valence-electron chi connectivity index (χ0n) is 17.3. The van der Waals surface area contributed by atoms with Crippen molar-refractivity contribution in [3.05, 3.63) is 60.0 Å². The lowest BCUT2D eigenvalue weighted by molar-refractivity contribution is 0.368. The van der Waals surface area contributed by atoms with Crippen LogP contribution in [0, 0.1) is 0 Å². The van der Waals surface area contributed by atoms with Crippen LogP contribution in [0.3, 0.4) is 0 Å². The van der Waals surface area contributed by atoms with Crippen LogP contribution in [-0.2, 0) is 13.1 Å². The van der Waals surface area contributed by atoms with Gasteiger partial charge in [0.15, 0.2) is 11.7 Å². The molecular formula is C21H29N7O. The summed E-state index contributed by atoms with van der Waals surface area (Å²) in [6.45, 7) is 8.30. The molecule has 0 fully saturated rings. The minimum Gasteiger partial charge on any atom is -0.359 e. The standard InChI is InChI=1S/C21H29N7O/c1-4-17(5-2)20-11-19(29-27-20)13-25-21(23-6-3)24-12-16-7-9-18(10-8-16)28-15-22-14-26-28/h7-11,14-15,17H,4-6,12-13H2,1-3H3,(H2,23,24,25). The Hall–Kier alpha value is -3.16. The van der Waals surface area contributed by atoms with Crippen LogP contribution in [0.1, 0.15) is 56.5 Å². The van der Waals surface area contributed by atoms with Crippen LogP contribution in [0.25, 0.3) is 5.69 Å². The van der Waals surface area contributed by atoms with Crippen LogP contribution >= 0.6 is 0 Å². The Bertz CT molecular complexity index is 880. The summed E-state index contributed by atoms with van der Waals surface area (Å²) < 4.78 is 7.21. The topological polar surface area (TPSA) is 93.2 Å². The number of benzene rings is 1. The molecule has 0 bridgehead atoms. The SMILES string of the molecule is CCNC(=NCc1ccc(-n2cncn2)cc1)NCc1cc(C(CC)CC)no1. The fourth-order valence-electron chi connectivity index (χ4n) is 3.09. The van der Waals surface area contributed by atoms with Gasteiger partial charge in [0.2, 0.25) is 0 Å². The van der Waals surface area contributed by atoms with Gasteiger partial charge < -0.3 is 15.2 Å². The largest absolute Gasteiger partial charge is 0.359 e. The quantitative estimate of drug-likeness (QED) is 0.426. The third-order valence-electron chi connectivity index (χ3n) is 4.79. The van der Waals surface area contributed by atoms with Crippen molar-refractivity contribution in [3.8, 4) is 5.69 Å². The van der Waals surface area contributed by atoms with Gasteiger partial charge in [-0.05, 0) is 37.5 Å². The molecule has 0 saturated heterocycles. The summed E-state index contributed by atoms with van der Waals surface area (Å²) in [6, 6.07) is 10.1. The highest BCUT2D eigenvalue weighted by atomic mass is 16.5. The van der Waals surface area contributed by atoms with E-state index in [2.05, 4.69) is 44.7 Å². The molecule has 3 rings (SSSR count). The first kappa shape index (κ1) is 20.6. The summed E-state index contributed by atoms with van der Waals surface area (Å²) in [7, 11) is 0. The number of aliphatic imine (C=N–C) groups is 1. The van der Waals surface area contributed by atoms with Crippen molar-refractivity contribution < 1.29 is 4.52 Å². The van der Waals surface area contributed by atoms with Gasteiger partial charge in [-0.1, -0.05) is 31.1 Å². The van der Waals surface area contributed by atoms with Crippen LogP contribution in [0.5, 0.6) is 0 Å². The Morgan fingerprint density at radius 3 is 2.59 bits per heavy atom. The first-order valence-corrected chi connectivity index (χ1v) is 10.1. The van der Waals surface area contributed by atoms with Crippen LogP contribution in [0.15, 0.2) is 52.5 Å². The van der Waals surface area contributed by atoms with Crippen molar-refractivity contribution in [1.82, 2.24) is 30.6 Å². The number of hydrogen-bond donors (Lipinski definition) is 2. The Balaban J connectivity index is 1.58. The van der Waals surface area contributed by atoms with E-state index in [0.29, 0.717) is 19.0 Å². The highest BCUT2D eigenvalue weighted by molar-refractivity contribution is 5.79. The van der Waals surface area contributed by atoms with Crippen molar-refractivity contribution >= 4 is 5.96 Å². The maximum atomic E-state index is 5.48. The second kappa shape index (κ2) is 10.4. The zero-order chi connectivity index (χ0) is 20.5. The maximum absolute atomic E-state index is 5.48. The molecule has 0 radical (unpaired) electrons. The average molecular weight is 396 g/mol. The van der Waals surface area contributed by atoms with Crippen LogP contribution in [-0.4, -0.2) is 32.4 Å². The molecule has 29 heavy (non-hydrogen) atoms. The van der Waals surface area contributed by atoms with E-state index in [1.54, 1.807) is 11.0 Å². The molecule has 2 aromatic heterocycles. The Morgan fingerprint density at radius 1 is 1.14 bits per heavy atom. The number of guanidine groups is 1. The summed E-state index contributed by atoms with van der Waals surface area (Å²) in [5.74, 6) is 2.01. The first-order chi connectivity index (χ1) is 14.2. The van der Waals surface area contributed by atoms with Crippen LogP contribution in [0.4, 0.5) is 0 Å². The fourth-order valence-corrected chi connectivity index (χ4v) is 3.09. The van der Waals surface area contributed by atoms with Crippen LogP contribution in [0.2, 0.25) is 0 Å². The molecule has 2 heterocycles. The molecule has 154 valence electrons. The molecule has 1 aromatic carbocycles. The summed E-state index contributed by atoms with van der Waals surface area (Å²) in [5.41, 5.74) is 3.11. The summed E-state index contributed by atoms with van der Waals surface area (Å²) in [6.07, 6.45) is 5.33. The highest BCUT2D eigenvalue weighted by Crippen LogP contribution is 2.22. The molecule has 0 atom stereocenters. The molecule has 8 nitrogen and oxygen atoms in total. The predicted octanol–water partition coefficient (Wildman–Crippen LogP) is 3.41. The highest BCUT2D eigenvalue weighted by Gasteiger charge is 2.13. The third-order valence-corrected chi connectivity index (χ3v) is 4.79. The van der Waals surface area contributed by atoms with E-state index in [0.717, 1.165) is 48.1 Å². The van der Waals surface area contributed by atoms with Gasteiger partial charge in [0.1, 0.15) is 12.7 Å². The molecule has 3 aromatic rings. The van der Waals surface area contributed by atoms with Crippen molar-refractivity contribution in [1.29, 1.82) is 0 Å². The molecule has 0 aliphatic carbocycles. The number of hydrogen-bond acceptors (Lipinski definition) is 5. The number of rotatable bonds is 9. The van der Waals surface area contributed by atoms with Gasteiger partial charge in [-0.15, -0.1) is 0 Å². The monoisotopic (exact) mass is 395 g/mol. The van der Waals surface area contributed by atoms with Gasteiger partial charge in [-0.25, -0.2) is 14.7 Å². The average Bonchev–Trinajstić information content (AvgIpc) is 3.44. The lowest BCUT2D eigenvalue weighted by Gasteiger charge is -2.10. The predicted molar refractivity (Wildman–Crippen MR) is 113 cm³/mol. The molecule has 0 amide bonds. The van der Waals surface area contributed by atoms with E-state index >= 15 is 0 Å². The molecule has 0 spiro atoms. The second-order valence-corrected chi connectivity index (χ2v) is 6.79. The third kappa shape index (κ3) is 5.66. The Kier molecular flexibility index (Phi) is 7.38. The number of nitrogens with one attached hydrogen (secondary N) is 2. The summed E-state index contributed by atoms with van der Waals surface area (Å²) >= 11 is 0.